The van der Waals surface area contributed by atoms with Crippen molar-refractivity contribution < 1.29 is 14.3 Å². The number of carbonyl (C=O) groups excluding carboxylic acids is 1. The van der Waals surface area contributed by atoms with Crippen LogP contribution in [0.4, 0.5) is 4.79 Å². The number of urea groups is 1. The van der Waals surface area contributed by atoms with E-state index in [0.717, 1.165) is 49.0 Å². The summed E-state index contributed by atoms with van der Waals surface area (Å²) in [5, 5.41) is 11.4. The number of likely N-dealkylation sites (N-methyl/N-ethyl adjacent to an activating group) is 1. The first kappa shape index (κ1) is 19.0. The molecule has 1 aromatic carbocycles. The second kappa shape index (κ2) is 9.25. The topological polar surface area (TPSA) is 81.5 Å². The second-order valence-electron chi connectivity index (χ2n) is 6.60. The average molecular weight is 373 g/mol. The van der Waals surface area contributed by atoms with Crippen molar-refractivity contribution in [1.29, 1.82) is 0 Å². The first-order chi connectivity index (χ1) is 13.2. The van der Waals surface area contributed by atoms with E-state index in [1.165, 1.54) is 6.42 Å². The van der Waals surface area contributed by atoms with E-state index in [4.69, 9.17) is 9.47 Å². The third-order valence-corrected chi connectivity index (χ3v) is 4.69. The minimum absolute atomic E-state index is 0.153. The minimum Gasteiger partial charge on any atom is -0.497 e. The molecule has 0 radical (unpaired) electrons. The Labute approximate surface area is 159 Å². The van der Waals surface area contributed by atoms with Gasteiger partial charge >= 0.3 is 6.03 Å². The molecule has 2 amide bonds. The Bertz CT molecular complexity index is 744. The SMILES string of the molecule is COc1ccc(OCCN(C)C(=O)NCc2nnc3n2CCCCC3)cc1. The van der Waals surface area contributed by atoms with E-state index in [2.05, 4.69) is 20.1 Å². The summed E-state index contributed by atoms with van der Waals surface area (Å²) in [6.07, 6.45) is 4.46. The molecule has 3 rings (SSSR count). The van der Waals surface area contributed by atoms with E-state index in [9.17, 15) is 4.79 Å². The van der Waals surface area contributed by atoms with Crippen LogP contribution in [0.2, 0.25) is 0 Å². The van der Waals surface area contributed by atoms with Crippen LogP contribution in [-0.2, 0) is 19.5 Å². The number of fused-ring (bicyclic) bond motifs is 1. The fraction of sp³-hybridized carbons (Fsp3) is 0.526. The Hall–Kier alpha value is -2.77. The maximum absolute atomic E-state index is 12.3. The Morgan fingerprint density at radius 2 is 1.96 bits per heavy atom. The van der Waals surface area contributed by atoms with Crippen molar-refractivity contribution in [2.45, 2.75) is 38.8 Å². The summed E-state index contributed by atoms with van der Waals surface area (Å²) in [6.45, 7) is 2.21. The van der Waals surface area contributed by atoms with E-state index in [1.807, 2.05) is 24.3 Å². The van der Waals surface area contributed by atoms with Gasteiger partial charge in [0.05, 0.1) is 20.2 Å². The van der Waals surface area contributed by atoms with Crippen molar-refractivity contribution in [3.05, 3.63) is 35.9 Å². The van der Waals surface area contributed by atoms with Gasteiger partial charge in [-0.2, -0.15) is 0 Å². The molecule has 0 atom stereocenters. The Morgan fingerprint density at radius 1 is 1.19 bits per heavy atom. The third kappa shape index (κ3) is 5.12. The lowest BCUT2D eigenvalue weighted by Crippen LogP contribution is -2.39. The number of methoxy groups -OCH3 is 1. The predicted molar refractivity (Wildman–Crippen MR) is 101 cm³/mol. The summed E-state index contributed by atoms with van der Waals surface area (Å²) in [4.78, 5) is 13.9. The summed E-state index contributed by atoms with van der Waals surface area (Å²) in [5.41, 5.74) is 0. The average Bonchev–Trinajstić information content (AvgIpc) is 2.92. The number of benzene rings is 1. The maximum Gasteiger partial charge on any atom is 0.317 e. The molecule has 0 unspecified atom stereocenters. The van der Waals surface area contributed by atoms with Crippen LogP contribution < -0.4 is 14.8 Å². The highest BCUT2D eigenvalue weighted by atomic mass is 16.5. The molecule has 1 aliphatic heterocycles. The fourth-order valence-electron chi connectivity index (χ4n) is 3.04. The normalized spacial score (nSPS) is 13.4. The van der Waals surface area contributed by atoms with Crippen LogP contribution in [0.1, 0.15) is 30.9 Å². The Morgan fingerprint density at radius 3 is 2.74 bits per heavy atom. The summed E-state index contributed by atoms with van der Waals surface area (Å²) in [5.74, 6) is 3.38. The molecule has 1 aliphatic rings. The van der Waals surface area contributed by atoms with Gasteiger partial charge in [-0.3, -0.25) is 0 Å². The van der Waals surface area contributed by atoms with E-state index >= 15 is 0 Å². The van der Waals surface area contributed by atoms with Crippen molar-refractivity contribution in [3.63, 3.8) is 0 Å². The molecule has 1 N–H and O–H groups in total. The molecular formula is C19H27N5O3. The first-order valence-electron chi connectivity index (χ1n) is 9.34. The predicted octanol–water partition coefficient (Wildman–Crippen LogP) is 2.23. The number of amides is 2. The number of rotatable bonds is 7. The van der Waals surface area contributed by atoms with Gasteiger partial charge in [0.15, 0.2) is 5.82 Å². The van der Waals surface area contributed by atoms with Gasteiger partial charge in [0.2, 0.25) is 0 Å². The van der Waals surface area contributed by atoms with Gasteiger partial charge < -0.3 is 24.3 Å². The van der Waals surface area contributed by atoms with Crippen LogP contribution in [0.15, 0.2) is 24.3 Å². The molecule has 1 aromatic heterocycles. The van der Waals surface area contributed by atoms with Gasteiger partial charge in [0.25, 0.3) is 0 Å². The molecule has 0 saturated carbocycles. The molecule has 146 valence electrons. The van der Waals surface area contributed by atoms with Gasteiger partial charge in [-0.15, -0.1) is 10.2 Å². The third-order valence-electron chi connectivity index (χ3n) is 4.69. The van der Waals surface area contributed by atoms with Gasteiger partial charge in [-0.1, -0.05) is 6.42 Å². The Balaban J connectivity index is 1.42. The molecule has 2 heterocycles. The Kier molecular flexibility index (Phi) is 6.51. The molecule has 8 nitrogen and oxygen atoms in total. The van der Waals surface area contributed by atoms with Crippen LogP contribution in [0.25, 0.3) is 0 Å². The highest BCUT2D eigenvalue weighted by molar-refractivity contribution is 5.73. The molecular weight excluding hydrogens is 346 g/mol. The zero-order valence-corrected chi connectivity index (χ0v) is 16.0. The van der Waals surface area contributed by atoms with E-state index in [0.29, 0.717) is 19.7 Å². The number of nitrogens with zero attached hydrogens (tertiary/aromatic N) is 4. The first-order valence-corrected chi connectivity index (χ1v) is 9.34. The molecule has 0 aliphatic carbocycles. The van der Waals surface area contributed by atoms with Crippen molar-refractivity contribution in [2.75, 3.05) is 27.3 Å². The number of ether oxygens (including phenoxy) is 2. The van der Waals surface area contributed by atoms with Gasteiger partial charge in [0, 0.05) is 20.0 Å². The number of carbonyl (C=O) groups is 1. The van der Waals surface area contributed by atoms with Gasteiger partial charge in [-0.05, 0) is 37.1 Å². The zero-order chi connectivity index (χ0) is 19.1. The molecule has 0 spiro atoms. The van der Waals surface area contributed by atoms with E-state index < -0.39 is 0 Å². The fourth-order valence-corrected chi connectivity index (χ4v) is 3.04. The summed E-state index contributed by atoms with van der Waals surface area (Å²) in [6, 6.07) is 7.21. The van der Waals surface area contributed by atoms with Gasteiger partial charge in [-0.25, -0.2) is 4.79 Å². The molecule has 8 heteroatoms. The van der Waals surface area contributed by atoms with Crippen molar-refractivity contribution >= 4 is 6.03 Å². The lowest BCUT2D eigenvalue weighted by Gasteiger charge is -2.18. The van der Waals surface area contributed by atoms with E-state index in [1.54, 1.807) is 19.1 Å². The largest absolute Gasteiger partial charge is 0.497 e. The van der Waals surface area contributed by atoms with Crippen LogP contribution in [0, 0.1) is 0 Å². The molecule has 27 heavy (non-hydrogen) atoms. The van der Waals surface area contributed by atoms with Crippen LogP contribution in [-0.4, -0.2) is 53.0 Å². The molecule has 2 aromatic rings. The molecule has 0 bridgehead atoms. The van der Waals surface area contributed by atoms with Crippen molar-refractivity contribution in [2.24, 2.45) is 0 Å². The summed E-state index contributed by atoms with van der Waals surface area (Å²) in [7, 11) is 3.37. The van der Waals surface area contributed by atoms with Crippen LogP contribution in [0.5, 0.6) is 11.5 Å². The zero-order valence-electron chi connectivity index (χ0n) is 16.0. The summed E-state index contributed by atoms with van der Waals surface area (Å²) < 4.78 is 12.9. The maximum atomic E-state index is 12.3. The monoisotopic (exact) mass is 373 g/mol. The number of aromatic nitrogens is 3. The van der Waals surface area contributed by atoms with Crippen molar-refractivity contribution in [1.82, 2.24) is 25.0 Å². The second-order valence-corrected chi connectivity index (χ2v) is 6.60. The molecule has 0 fully saturated rings. The minimum atomic E-state index is -0.153. The number of aryl methyl sites for hydroxylation is 1. The van der Waals surface area contributed by atoms with Gasteiger partial charge in [0.1, 0.15) is 23.9 Å². The lowest BCUT2D eigenvalue weighted by atomic mass is 10.2. The number of hydrogen-bond acceptors (Lipinski definition) is 5. The number of hydrogen-bond donors (Lipinski definition) is 1. The van der Waals surface area contributed by atoms with E-state index in [-0.39, 0.29) is 6.03 Å². The quantitative estimate of drug-likeness (QED) is 0.805. The van der Waals surface area contributed by atoms with Crippen LogP contribution in [0.3, 0.4) is 0 Å². The highest BCUT2D eigenvalue weighted by Crippen LogP contribution is 2.17. The summed E-state index contributed by atoms with van der Waals surface area (Å²) >= 11 is 0. The smallest absolute Gasteiger partial charge is 0.317 e. The van der Waals surface area contributed by atoms with Crippen molar-refractivity contribution in [3.8, 4) is 11.5 Å². The lowest BCUT2D eigenvalue weighted by molar-refractivity contribution is 0.194. The number of nitrogens with one attached hydrogen (secondary N) is 1. The standard InChI is InChI=1S/C19H27N5O3/c1-23(12-13-27-16-9-7-15(26-2)8-10-16)19(25)20-14-18-22-21-17-6-4-3-5-11-24(17)18/h7-10H,3-6,11-14H2,1-2H3,(H,20,25). The van der Waals surface area contributed by atoms with Crippen LogP contribution >= 0.6 is 0 Å². The highest BCUT2D eigenvalue weighted by Gasteiger charge is 2.16. The molecule has 0 saturated heterocycles.